The minimum Gasteiger partial charge on any atom is -0.507 e. The first kappa shape index (κ1) is 20.6. The molecule has 0 unspecified atom stereocenters. The molecule has 2 heteroatoms. The summed E-state index contributed by atoms with van der Waals surface area (Å²) in [7, 11) is 0. The summed E-state index contributed by atoms with van der Waals surface area (Å²) in [6, 6.07) is 28.7. The number of aryl methyl sites for hydroxylation is 2. The lowest BCUT2D eigenvalue weighted by molar-refractivity contribution is 0.487. The predicted molar refractivity (Wildman–Crippen MR) is 144 cm³/mol. The van der Waals surface area contributed by atoms with Crippen LogP contribution in [0.4, 0.5) is 0 Å². The van der Waals surface area contributed by atoms with Gasteiger partial charge >= 0.3 is 0 Å². The van der Waals surface area contributed by atoms with Gasteiger partial charge in [0.1, 0.15) is 11.5 Å². The van der Waals surface area contributed by atoms with Gasteiger partial charge in [-0.25, -0.2) is 0 Å². The van der Waals surface area contributed by atoms with Crippen LogP contribution in [-0.2, 0) is 12.8 Å². The zero-order chi connectivity index (χ0) is 23.4. The number of hydrogen-bond donors (Lipinski definition) is 2. The summed E-state index contributed by atoms with van der Waals surface area (Å²) in [5.41, 5.74) is 4.66. The van der Waals surface area contributed by atoms with E-state index in [1.54, 1.807) is 0 Å². The molecule has 0 amide bonds. The standard InChI is InChI=1S/C32H26O2/c1-3-19-11-9-17-25-27(19)29(21-13-5-7-15-23(21)31(25)33)30-22-14-6-8-16-24(22)32(34)26-18-10-12-20(4-2)28(26)30/h5-18,33-34H,3-4H2,1-2H3. The first-order chi connectivity index (χ1) is 16.7. The van der Waals surface area contributed by atoms with Crippen molar-refractivity contribution in [2.24, 2.45) is 0 Å². The lowest BCUT2D eigenvalue weighted by Crippen LogP contribution is -1.96. The van der Waals surface area contributed by atoms with Crippen molar-refractivity contribution in [3.05, 3.63) is 96.1 Å². The van der Waals surface area contributed by atoms with E-state index in [0.717, 1.165) is 67.1 Å². The molecule has 0 aliphatic carbocycles. The van der Waals surface area contributed by atoms with Gasteiger partial charge in [0, 0.05) is 21.5 Å². The van der Waals surface area contributed by atoms with E-state index in [0.29, 0.717) is 11.5 Å². The molecule has 0 bridgehead atoms. The zero-order valence-electron chi connectivity index (χ0n) is 19.4. The van der Waals surface area contributed by atoms with Crippen LogP contribution in [-0.4, -0.2) is 10.2 Å². The van der Waals surface area contributed by atoms with Gasteiger partial charge in [0.2, 0.25) is 0 Å². The third kappa shape index (κ3) is 2.75. The smallest absolute Gasteiger partial charge is 0.131 e. The molecule has 6 rings (SSSR count). The topological polar surface area (TPSA) is 40.5 Å². The molecule has 0 atom stereocenters. The van der Waals surface area contributed by atoms with Crippen LogP contribution in [0.15, 0.2) is 84.9 Å². The fourth-order valence-electron chi connectivity index (χ4n) is 5.67. The van der Waals surface area contributed by atoms with E-state index in [4.69, 9.17) is 0 Å². The molecule has 0 fully saturated rings. The van der Waals surface area contributed by atoms with Crippen LogP contribution in [0.2, 0.25) is 0 Å². The van der Waals surface area contributed by atoms with Crippen molar-refractivity contribution in [1.29, 1.82) is 0 Å². The Kier molecular flexibility index (Phi) is 4.70. The van der Waals surface area contributed by atoms with Crippen molar-refractivity contribution in [2.45, 2.75) is 26.7 Å². The van der Waals surface area contributed by atoms with Crippen LogP contribution < -0.4 is 0 Å². The molecule has 6 aromatic rings. The van der Waals surface area contributed by atoms with Crippen molar-refractivity contribution in [3.8, 4) is 22.6 Å². The van der Waals surface area contributed by atoms with Crippen LogP contribution in [0.1, 0.15) is 25.0 Å². The highest BCUT2D eigenvalue weighted by Crippen LogP contribution is 2.50. The molecule has 34 heavy (non-hydrogen) atoms. The highest BCUT2D eigenvalue weighted by Gasteiger charge is 2.23. The molecule has 0 spiro atoms. The van der Waals surface area contributed by atoms with Crippen LogP contribution in [0.25, 0.3) is 54.2 Å². The molecular weight excluding hydrogens is 416 g/mol. The van der Waals surface area contributed by atoms with Gasteiger partial charge in [-0.15, -0.1) is 0 Å². The Labute approximate surface area is 198 Å². The Morgan fingerprint density at radius 2 is 0.794 bits per heavy atom. The Morgan fingerprint density at radius 1 is 0.441 bits per heavy atom. The Bertz CT molecular complexity index is 1610. The summed E-state index contributed by atoms with van der Waals surface area (Å²) in [5, 5.41) is 30.3. The van der Waals surface area contributed by atoms with Crippen molar-refractivity contribution >= 4 is 43.1 Å². The minimum atomic E-state index is 0.327. The first-order valence-corrected chi connectivity index (χ1v) is 12.0. The molecule has 2 N–H and O–H groups in total. The van der Waals surface area contributed by atoms with Crippen LogP contribution in [0.5, 0.6) is 11.5 Å². The average Bonchev–Trinajstić information content (AvgIpc) is 2.89. The highest BCUT2D eigenvalue weighted by molar-refractivity contribution is 6.27. The number of fused-ring (bicyclic) bond motifs is 4. The highest BCUT2D eigenvalue weighted by atomic mass is 16.3. The second-order valence-corrected chi connectivity index (χ2v) is 8.92. The number of phenols is 2. The van der Waals surface area contributed by atoms with E-state index >= 15 is 0 Å². The molecule has 0 aromatic heterocycles. The minimum absolute atomic E-state index is 0.327. The van der Waals surface area contributed by atoms with Crippen LogP contribution in [0, 0.1) is 0 Å². The van der Waals surface area contributed by atoms with Crippen LogP contribution in [0.3, 0.4) is 0 Å². The third-order valence-electron chi connectivity index (χ3n) is 7.23. The summed E-state index contributed by atoms with van der Waals surface area (Å²) in [4.78, 5) is 0. The fraction of sp³-hybridized carbons (Fsp3) is 0.125. The van der Waals surface area contributed by atoms with Gasteiger partial charge in [0.15, 0.2) is 0 Å². The number of rotatable bonds is 3. The average molecular weight is 443 g/mol. The van der Waals surface area contributed by atoms with Crippen molar-refractivity contribution < 1.29 is 10.2 Å². The molecule has 0 heterocycles. The van der Waals surface area contributed by atoms with Gasteiger partial charge in [-0.1, -0.05) is 98.8 Å². The second-order valence-electron chi connectivity index (χ2n) is 8.92. The van der Waals surface area contributed by atoms with Gasteiger partial charge in [0.05, 0.1) is 0 Å². The Morgan fingerprint density at radius 3 is 1.18 bits per heavy atom. The maximum atomic E-state index is 11.3. The van der Waals surface area contributed by atoms with E-state index in [2.05, 4.69) is 38.1 Å². The van der Waals surface area contributed by atoms with E-state index in [9.17, 15) is 10.2 Å². The third-order valence-corrected chi connectivity index (χ3v) is 7.23. The molecule has 0 aliphatic heterocycles. The predicted octanol–water partition coefficient (Wildman–Crippen LogP) is 8.50. The molecular formula is C32H26O2. The van der Waals surface area contributed by atoms with Crippen molar-refractivity contribution in [1.82, 2.24) is 0 Å². The maximum absolute atomic E-state index is 11.3. The Hall–Kier alpha value is -4.04. The van der Waals surface area contributed by atoms with E-state index < -0.39 is 0 Å². The normalized spacial score (nSPS) is 11.7. The quantitative estimate of drug-likeness (QED) is 0.270. The molecule has 6 aromatic carbocycles. The summed E-state index contributed by atoms with van der Waals surface area (Å²) < 4.78 is 0. The van der Waals surface area contributed by atoms with E-state index in [-0.39, 0.29) is 0 Å². The molecule has 2 nitrogen and oxygen atoms in total. The first-order valence-electron chi connectivity index (χ1n) is 12.0. The van der Waals surface area contributed by atoms with E-state index in [1.807, 2.05) is 60.7 Å². The van der Waals surface area contributed by atoms with Gasteiger partial charge in [-0.3, -0.25) is 0 Å². The number of benzene rings is 6. The molecule has 0 saturated carbocycles. The summed E-state index contributed by atoms with van der Waals surface area (Å²) >= 11 is 0. The molecule has 166 valence electrons. The van der Waals surface area contributed by atoms with Gasteiger partial charge in [-0.05, 0) is 56.6 Å². The molecule has 0 aliphatic rings. The summed E-state index contributed by atoms with van der Waals surface area (Å²) in [5.74, 6) is 0.653. The second kappa shape index (κ2) is 7.78. The summed E-state index contributed by atoms with van der Waals surface area (Å²) in [6.45, 7) is 4.32. The van der Waals surface area contributed by atoms with Gasteiger partial charge < -0.3 is 10.2 Å². The monoisotopic (exact) mass is 442 g/mol. The maximum Gasteiger partial charge on any atom is 0.131 e. The lowest BCUT2D eigenvalue weighted by Gasteiger charge is -2.21. The molecule has 0 radical (unpaired) electrons. The van der Waals surface area contributed by atoms with Gasteiger partial charge in [-0.2, -0.15) is 0 Å². The number of phenolic OH excluding ortho intramolecular Hbond substituents is 2. The zero-order valence-corrected chi connectivity index (χ0v) is 19.4. The number of hydrogen-bond acceptors (Lipinski definition) is 2. The lowest BCUT2D eigenvalue weighted by atomic mass is 9.82. The largest absolute Gasteiger partial charge is 0.507 e. The number of aromatic hydroxyl groups is 2. The van der Waals surface area contributed by atoms with Gasteiger partial charge in [0.25, 0.3) is 0 Å². The van der Waals surface area contributed by atoms with Crippen molar-refractivity contribution in [3.63, 3.8) is 0 Å². The summed E-state index contributed by atoms with van der Waals surface area (Å²) in [6.07, 6.45) is 1.72. The fourth-order valence-corrected chi connectivity index (χ4v) is 5.67. The van der Waals surface area contributed by atoms with Crippen LogP contribution >= 0.6 is 0 Å². The Balaban J connectivity index is 2.01. The molecule has 0 saturated heterocycles. The van der Waals surface area contributed by atoms with Crippen molar-refractivity contribution in [2.75, 3.05) is 0 Å². The van der Waals surface area contributed by atoms with E-state index in [1.165, 1.54) is 11.1 Å². The SMILES string of the molecule is CCc1cccc2c(O)c3ccccc3c(-c3c4ccccc4c(O)c4cccc(CC)c34)c12.